The Labute approximate surface area is 172 Å². The summed E-state index contributed by atoms with van der Waals surface area (Å²) in [6.07, 6.45) is 4.03. The zero-order valence-corrected chi connectivity index (χ0v) is 16.9. The lowest BCUT2D eigenvalue weighted by atomic mass is 9.82. The summed E-state index contributed by atoms with van der Waals surface area (Å²) in [4.78, 5) is 41.8. The maximum atomic E-state index is 12.7. The van der Waals surface area contributed by atoms with Gasteiger partial charge in [-0.15, -0.1) is 11.3 Å². The van der Waals surface area contributed by atoms with E-state index in [1.807, 2.05) is 12.3 Å². The van der Waals surface area contributed by atoms with Crippen LogP contribution in [0.15, 0.2) is 29.6 Å². The summed E-state index contributed by atoms with van der Waals surface area (Å²) < 4.78 is 5.67. The maximum Gasteiger partial charge on any atom is 0.344 e. The highest BCUT2D eigenvalue weighted by Gasteiger charge is 2.52. The second kappa shape index (κ2) is 7.82. The van der Waals surface area contributed by atoms with Crippen molar-refractivity contribution in [2.24, 2.45) is 0 Å². The van der Waals surface area contributed by atoms with Gasteiger partial charge >= 0.3 is 6.03 Å². The van der Waals surface area contributed by atoms with E-state index in [1.165, 1.54) is 0 Å². The highest BCUT2D eigenvalue weighted by atomic mass is 32.1. The van der Waals surface area contributed by atoms with Crippen molar-refractivity contribution in [1.82, 2.24) is 20.7 Å². The SMILES string of the molecule is Cc1nc(COc2ccc(C(=O)NN3C(=O)NC4(CCCCC4)C3=O)cc2)cs1. The van der Waals surface area contributed by atoms with E-state index >= 15 is 0 Å². The van der Waals surface area contributed by atoms with Crippen molar-refractivity contribution in [3.8, 4) is 5.75 Å². The number of aromatic nitrogens is 1. The normalized spacial score (nSPS) is 18.0. The van der Waals surface area contributed by atoms with Gasteiger partial charge in [-0.25, -0.2) is 9.78 Å². The number of rotatable bonds is 5. The molecule has 0 atom stereocenters. The number of benzene rings is 1. The molecular formula is C20H22N4O4S. The summed E-state index contributed by atoms with van der Waals surface area (Å²) in [5, 5.41) is 6.49. The lowest BCUT2D eigenvalue weighted by Crippen LogP contribution is -2.50. The first kappa shape index (κ1) is 19.4. The van der Waals surface area contributed by atoms with Gasteiger partial charge in [0.1, 0.15) is 17.9 Å². The number of aryl methyl sites for hydroxylation is 1. The Morgan fingerprint density at radius 1 is 1.24 bits per heavy atom. The van der Waals surface area contributed by atoms with E-state index in [0.717, 1.165) is 35.0 Å². The molecule has 1 aromatic carbocycles. The molecule has 9 heteroatoms. The predicted molar refractivity (Wildman–Crippen MR) is 106 cm³/mol. The van der Waals surface area contributed by atoms with Crippen LogP contribution >= 0.6 is 11.3 Å². The molecule has 29 heavy (non-hydrogen) atoms. The van der Waals surface area contributed by atoms with E-state index in [4.69, 9.17) is 4.74 Å². The van der Waals surface area contributed by atoms with Crippen molar-refractivity contribution < 1.29 is 19.1 Å². The van der Waals surface area contributed by atoms with Gasteiger partial charge in [0.15, 0.2) is 0 Å². The summed E-state index contributed by atoms with van der Waals surface area (Å²) in [5.41, 5.74) is 2.74. The Hall–Kier alpha value is -2.94. The third-order valence-electron chi connectivity index (χ3n) is 5.25. The Morgan fingerprint density at radius 3 is 2.62 bits per heavy atom. The predicted octanol–water partition coefficient (Wildman–Crippen LogP) is 2.93. The molecule has 1 aliphatic heterocycles. The van der Waals surface area contributed by atoms with E-state index in [-0.39, 0.29) is 5.91 Å². The number of carbonyl (C=O) groups excluding carboxylic acids is 3. The first-order chi connectivity index (χ1) is 14.0. The molecule has 2 N–H and O–H groups in total. The van der Waals surface area contributed by atoms with E-state index in [9.17, 15) is 14.4 Å². The molecule has 0 unspecified atom stereocenters. The molecule has 2 aromatic rings. The molecular weight excluding hydrogens is 392 g/mol. The Bertz CT molecular complexity index is 934. The molecule has 0 radical (unpaired) electrons. The minimum Gasteiger partial charge on any atom is -0.487 e. The van der Waals surface area contributed by atoms with Crippen molar-refractivity contribution in [1.29, 1.82) is 0 Å². The van der Waals surface area contributed by atoms with Crippen LogP contribution in [0.4, 0.5) is 4.79 Å². The van der Waals surface area contributed by atoms with E-state index in [0.29, 0.717) is 30.8 Å². The summed E-state index contributed by atoms with van der Waals surface area (Å²) >= 11 is 1.56. The number of hydrazine groups is 1. The number of amides is 4. The third kappa shape index (κ3) is 3.95. The number of nitrogens with zero attached hydrogens (tertiary/aromatic N) is 2. The van der Waals surface area contributed by atoms with Crippen molar-refractivity contribution in [3.05, 3.63) is 45.9 Å². The van der Waals surface area contributed by atoms with Gasteiger partial charge in [0.25, 0.3) is 11.8 Å². The zero-order valence-electron chi connectivity index (χ0n) is 16.1. The molecule has 152 valence electrons. The number of nitrogens with one attached hydrogen (secondary N) is 2. The van der Waals surface area contributed by atoms with Gasteiger partial charge in [-0.05, 0) is 44.0 Å². The van der Waals surface area contributed by atoms with E-state index in [1.54, 1.807) is 35.6 Å². The average molecular weight is 414 g/mol. The molecule has 1 saturated carbocycles. The number of hydrogen-bond donors (Lipinski definition) is 2. The van der Waals surface area contributed by atoms with Crippen LogP contribution < -0.4 is 15.5 Å². The molecule has 2 fully saturated rings. The van der Waals surface area contributed by atoms with Crippen LogP contribution in [-0.2, 0) is 11.4 Å². The van der Waals surface area contributed by atoms with Crippen LogP contribution in [0.1, 0.15) is 53.2 Å². The van der Waals surface area contributed by atoms with Crippen LogP contribution in [0.5, 0.6) is 5.75 Å². The second-order valence-electron chi connectivity index (χ2n) is 7.33. The van der Waals surface area contributed by atoms with Gasteiger partial charge in [-0.1, -0.05) is 19.3 Å². The van der Waals surface area contributed by atoms with Crippen molar-refractivity contribution >= 4 is 29.2 Å². The smallest absolute Gasteiger partial charge is 0.344 e. The summed E-state index contributed by atoms with van der Waals surface area (Å²) in [6, 6.07) is 5.94. The number of imide groups is 1. The molecule has 1 aliphatic carbocycles. The van der Waals surface area contributed by atoms with Crippen LogP contribution in [0.2, 0.25) is 0 Å². The molecule has 2 heterocycles. The monoisotopic (exact) mass is 414 g/mol. The number of hydrogen-bond acceptors (Lipinski definition) is 6. The average Bonchev–Trinajstić information content (AvgIpc) is 3.24. The van der Waals surface area contributed by atoms with Crippen molar-refractivity contribution in [3.63, 3.8) is 0 Å². The molecule has 1 spiro atoms. The molecule has 1 aromatic heterocycles. The van der Waals surface area contributed by atoms with Gasteiger partial charge in [-0.3, -0.25) is 15.0 Å². The van der Waals surface area contributed by atoms with Gasteiger partial charge in [0.2, 0.25) is 0 Å². The molecule has 4 rings (SSSR count). The number of thiazole rings is 1. The van der Waals surface area contributed by atoms with Gasteiger partial charge < -0.3 is 10.1 Å². The highest BCUT2D eigenvalue weighted by molar-refractivity contribution is 7.09. The minimum absolute atomic E-state index is 0.326. The topological polar surface area (TPSA) is 101 Å². The number of carbonyl (C=O) groups is 3. The molecule has 4 amide bonds. The summed E-state index contributed by atoms with van der Waals surface area (Å²) in [7, 11) is 0. The fraction of sp³-hybridized carbons (Fsp3) is 0.400. The van der Waals surface area contributed by atoms with Crippen LogP contribution in [0, 0.1) is 6.92 Å². The van der Waals surface area contributed by atoms with Gasteiger partial charge in [0, 0.05) is 10.9 Å². The maximum absolute atomic E-state index is 12.7. The first-order valence-corrected chi connectivity index (χ1v) is 10.5. The minimum atomic E-state index is -0.867. The molecule has 1 saturated heterocycles. The van der Waals surface area contributed by atoms with Crippen LogP contribution in [0.25, 0.3) is 0 Å². The van der Waals surface area contributed by atoms with E-state index < -0.39 is 17.5 Å². The molecule has 8 nitrogen and oxygen atoms in total. The Morgan fingerprint density at radius 2 is 1.97 bits per heavy atom. The van der Waals surface area contributed by atoms with Crippen LogP contribution in [0.3, 0.4) is 0 Å². The fourth-order valence-electron chi connectivity index (χ4n) is 3.72. The van der Waals surface area contributed by atoms with Gasteiger partial charge in [0.05, 0.1) is 10.7 Å². The summed E-state index contributed by atoms with van der Waals surface area (Å²) in [6.45, 7) is 2.28. The Kier molecular flexibility index (Phi) is 5.23. The lowest BCUT2D eigenvalue weighted by molar-refractivity contribution is -0.134. The zero-order chi connectivity index (χ0) is 20.4. The van der Waals surface area contributed by atoms with Crippen molar-refractivity contribution in [2.45, 2.75) is 51.2 Å². The quantitative estimate of drug-likeness (QED) is 0.733. The number of urea groups is 1. The standard InChI is InChI=1S/C20H22N4O4S/c1-13-21-15(12-29-13)11-28-16-7-5-14(6-8-16)17(25)23-24-18(26)20(22-19(24)27)9-3-2-4-10-20/h5-8,12H,2-4,9-11H2,1H3,(H,22,27)(H,23,25). The molecule has 2 aliphatic rings. The highest BCUT2D eigenvalue weighted by Crippen LogP contribution is 2.33. The molecule has 0 bridgehead atoms. The lowest BCUT2D eigenvalue weighted by Gasteiger charge is -2.30. The fourth-order valence-corrected chi connectivity index (χ4v) is 4.31. The van der Waals surface area contributed by atoms with Gasteiger partial charge in [-0.2, -0.15) is 5.01 Å². The Balaban J connectivity index is 1.37. The number of ether oxygens (including phenoxy) is 1. The van der Waals surface area contributed by atoms with Crippen LogP contribution in [-0.4, -0.2) is 33.4 Å². The second-order valence-corrected chi connectivity index (χ2v) is 8.39. The first-order valence-electron chi connectivity index (χ1n) is 9.58. The largest absolute Gasteiger partial charge is 0.487 e. The third-order valence-corrected chi connectivity index (χ3v) is 6.07. The van der Waals surface area contributed by atoms with E-state index in [2.05, 4.69) is 15.7 Å². The van der Waals surface area contributed by atoms with Crippen molar-refractivity contribution in [2.75, 3.05) is 0 Å². The summed E-state index contributed by atoms with van der Waals surface area (Å²) in [5.74, 6) is -0.305.